The summed E-state index contributed by atoms with van der Waals surface area (Å²) in [6.45, 7) is 1.89. The fourth-order valence-electron chi connectivity index (χ4n) is 2.71. The van der Waals surface area contributed by atoms with Crippen molar-refractivity contribution in [2.24, 2.45) is 0 Å². The minimum atomic E-state index is -0.504. The summed E-state index contributed by atoms with van der Waals surface area (Å²) < 4.78 is 6.41. The molecule has 3 rings (SSSR count). The average Bonchev–Trinajstić information content (AvgIpc) is 3.09. The predicted molar refractivity (Wildman–Crippen MR) is 113 cm³/mol. The van der Waals surface area contributed by atoms with Crippen molar-refractivity contribution in [1.29, 1.82) is 0 Å². The van der Waals surface area contributed by atoms with Gasteiger partial charge in [-0.3, -0.25) is 9.59 Å². The van der Waals surface area contributed by atoms with Gasteiger partial charge in [-0.15, -0.1) is 5.10 Å². The molecule has 2 aromatic carbocycles. The second kappa shape index (κ2) is 9.27. The molecular weight excluding hydrogens is 408 g/mol. The fraction of sp³-hybridized carbons (Fsp3) is 0.200. The zero-order chi connectivity index (χ0) is 21.7. The van der Waals surface area contributed by atoms with Gasteiger partial charge < -0.3 is 21.1 Å². The summed E-state index contributed by atoms with van der Waals surface area (Å²) in [5.74, 6) is -0.241. The Morgan fingerprint density at radius 2 is 2.00 bits per heavy atom. The van der Waals surface area contributed by atoms with Crippen LogP contribution in [-0.4, -0.2) is 33.9 Å². The highest BCUT2D eigenvalue weighted by atomic mass is 35.5. The number of amides is 2. The van der Waals surface area contributed by atoms with Gasteiger partial charge in [0.1, 0.15) is 12.3 Å². The highest BCUT2D eigenvalue weighted by Crippen LogP contribution is 2.20. The molecule has 0 bridgehead atoms. The van der Waals surface area contributed by atoms with Gasteiger partial charge in [0.2, 0.25) is 5.91 Å². The van der Waals surface area contributed by atoms with Crippen LogP contribution in [0.5, 0.6) is 5.75 Å². The van der Waals surface area contributed by atoms with E-state index in [1.165, 1.54) is 0 Å². The molecular formula is C20H21ClN6O3. The van der Waals surface area contributed by atoms with Crippen LogP contribution in [0.25, 0.3) is 0 Å². The van der Waals surface area contributed by atoms with E-state index in [9.17, 15) is 9.59 Å². The molecule has 0 aliphatic carbocycles. The summed E-state index contributed by atoms with van der Waals surface area (Å²) in [5.41, 5.74) is 8.16. The van der Waals surface area contributed by atoms with Crippen LogP contribution in [0.1, 0.15) is 21.6 Å². The van der Waals surface area contributed by atoms with Crippen molar-refractivity contribution in [3.63, 3.8) is 0 Å². The topological polar surface area (TPSA) is 124 Å². The molecule has 156 valence electrons. The molecule has 9 nitrogen and oxygen atoms in total. The summed E-state index contributed by atoms with van der Waals surface area (Å²) in [4.78, 5) is 24.7. The lowest BCUT2D eigenvalue weighted by Gasteiger charge is -2.09. The number of ether oxygens (including phenoxy) is 1. The van der Waals surface area contributed by atoms with E-state index in [2.05, 4.69) is 20.9 Å². The van der Waals surface area contributed by atoms with E-state index in [-0.39, 0.29) is 30.5 Å². The van der Waals surface area contributed by atoms with Gasteiger partial charge in [0.05, 0.1) is 7.11 Å². The molecule has 0 aliphatic rings. The molecule has 10 heteroatoms. The third-order valence-electron chi connectivity index (χ3n) is 4.37. The third kappa shape index (κ3) is 4.87. The maximum atomic E-state index is 12.4. The number of halogens is 1. The van der Waals surface area contributed by atoms with Gasteiger partial charge in [-0.25, -0.2) is 4.68 Å². The van der Waals surface area contributed by atoms with Gasteiger partial charge in [0, 0.05) is 22.8 Å². The Morgan fingerprint density at radius 1 is 1.23 bits per heavy atom. The minimum absolute atomic E-state index is 0.00962. The van der Waals surface area contributed by atoms with E-state index in [1.807, 2.05) is 25.1 Å². The fourth-order valence-corrected chi connectivity index (χ4v) is 2.89. The molecule has 3 aromatic rings. The highest BCUT2D eigenvalue weighted by Gasteiger charge is 2.19. The predicted octanol–water partition coefficient (Wildman–Crippen LogP) is 2.40. The standard InChI is InChI=1S/C20H21ClN6O3/c1-12-7-8-14(9-15(12)21)24-17(28)11-27-19(22)18(25-26-27)20(29)23-10-13-5-3-4-6-16(13)30-2/h3-9H,10-11,22H2,1-2H3,(H,23,29)(H,24,28). The Kier molecular flexibility index (Phi) is 6.53. The second-order valence-corrected chi connectivity index (χ2v) is 6.89. The van der Waals surface area contributed by atoms with Crippen molar-refractivity contribution >= 4 is 34.9 Å². The van der Waals surface area contributed by atoms with Crippen molar-refractivity contribution in [2.75, 3.05) is 18.2 Å². The van der Waals surface area contributed by atoms with Crippen LogP contribution in [0.2, 0.25) is 5.02 Å². The molecule has 0 atom stereocenters. The first-order valence-corrected chi connectivity index (χ1v) is 9.42. The molecule has 2 amide bonds. The van der Waals surface area contributed by atoms with E-state index in [1.54, 1.807) is 31.4 Å². The van der Waals surface area contributed by atoms with Crippen LogP contribution in [0.15, 0.2) is 42.5 Å². The average molecular weight is 429 g/mol. The zero-order valence-electron chi connectivity index (χ0n) is 16.5. The zero-order valence-corrected chi connectivity index (χ0v) is 17.2. The number of nitrogens with two attached hydrogens (primary N) is 1. The lowest BCUT2D eigenvalue weighted by molar-refractivity contribution is -0.116. The molecule has 30 heavy (non-hydrogen) atoms. The van der Waals surface area contributed by atoms with Gasteiger partial charge in [-0.1, -0.05) is 41.1 Å². The molecule has 4 N–H and O–H groups in total. The number of hydrogen-bond acceptors (Lipinski definition) is 6. The SMILES string of the molecule is COc1ccccc1CNC(=O)c1nnn(CC(=O)Nc2ccc(C)c(Cl)c2)c1N. The summed E-state index contributed by atoms with van der Waals surface area (Å²) in [7, 11) is 1.56. The van der Waals surface area contributed by atoms with E-state index >= 15 is 0 Å². The quantitative estimate of drug-likeness (QED) is 0.530. The number of carbonyl (C=O) groups is 2. The number of aryl methyl sites for hydroxylation is 1. The van der Waals surface area contributed by atoms with Crippen molar-refractivity contribution in [3.8, 4) is 5.75 Å². The van der Waals surface area contributed by atoms with Crippen molar-refractivity contribution < 1.29 is 14.3 Å². The molecule has 0 spiro atoms. The van der Waals surface area contributed by atoms with Gasteiger partial charge in [-0.05, 0) is 30.7 Å². The van der Waals surface area contributed by atoms with Crippen LogP contribution < -0.4 is 21.1 Å². The largest absolute Gasteiger partial charge is 0.496 e. The number of nitrogen functional groups attached to an aromatic ring is 1. The van der Waals surface area contributed by atoms with E-state index in [0.717, 1.165) is 15.8 Å². The second-order valence-electron chi connectivity index (χ2n) is 6.49. The number of para-hydroxylation sites is 1. The Morgan fingerprint density at radius 3 is 2.73 bits per heavy atom. The maximum Gasteiger partial charge on any atom is 0.275 e. The van der Waals surface area contributed by atoms with Gasteiger partial charge >= 0.3 is 0 Å². The number of anilines is 2. The normalized spacial score (nSPS) is 10.5. The molecule has 1 heterocycles. The van der Waals surface area contributed by atoms with Crippen molar-refractivity contribution in [1.82, 2.24) is 20.3 Å². The number of nitrogens with zero attached hydrogens (tertiary/aromatic N) is 3. The molecule has 0 radical (unpaired) electrons. The number of carbonyl (C=O) groups excluding carboxylic acids is 2. The Labute approximate surface area is 178 Å². The Balaban J connectivity index is 1.62. The number of methoxy groups -OCH3 is 1. The van der Waals surface area contributed by atoms with Crippen LogP contribution in [0, 0.1) is 6.92 Å². The number of rotatable bonds is 7. The van der Waals surface area contributed by atoms with Gasteiger partial charge in [-0.2, -0.15) is 0 Å². The summed E-state index contributed by atoms with van der Waals surface area (Å²) >= 11 is 6.06. The molecule has 0 fully saturated rings. The van der Waals surface area contributed by atoms with Crippen molar-refractivity contribution in [2.45, 2.75) is 20.0 Å². The first-order chi connectivity index (χ1) is 14.4. The van der Waals surface area contributed by atoms with Crippen LogP contribution in [-0.2, 0) is 17.9 Å². The number of nitrogens with one attached hydrogen (secondary N) is 2. The van der Waals surface area contributed by atoms with Crippen LogP contribution >= 0.6 is 11.6 Å². The third-order valence-corrected chi connectivity index (χ3v) is 4.78. The number of hydrogen-bond donors (Lipinski definition) is 3. The molecule has 0 saturated heterocycles. The molecule has 0 aliphatic heterocycles. The number of benzene rings is 2. The van der Waals surface area contributed by atoms with Gasteiger partial charge in [0.25, 0.3) is 5.91 Å². The first-order valence-electron chi connectivity index (χ1n) is 9.04. The molecule has 1 aromatic heterocycles. The smallest absolute Gasteiger partial charge is 0.275 e. The highest BCUT2D eigenvalue weighted by molar-refractivity contribution is 6.31. The van der Waals surface area contributed by atoms with E-state index < -0.39 is 5.91 Å². The Hall–Kier alpha value is -3.59. The summed E-state index contributed by atoms with van der Waals surface area (Å²) in [6, 6.07) is 12.5. The van der Waals surface area contributed by atoms with E-state index in [4.69, 9.17) is 22.1 Å². The Bertz CT molecular complexity index is 1080. The first kappa shape index (κ1) is 21.1. The van der Waals surface area contributed by atoms with Gasteiger partial charge in [0.15, 0.2) is 11.5 Å². The monoisotopic (exact) mass is 428 g/mol. The minimum Gasteiger partial charge on any atom is -0.496 e. The number of aromatic nitrogens is 3. The lowest BCUT2D eigenvalue weighted by Crippen LogP contribution is -2.25. The summed E-state index contributed by atoms with van der Waals surface area (Å²) in [6.07, 6.45) is 0. The summed E-state index contributed by atoms with van der Waals surface area (Å²) in [5, 5.41) is 13.6. The molecule has 0 unspecified atom stereocenters. The van der Waals surface area contributed by atoms with Crippen LogP contribution in [0.3, 0.4) is 0 Å². The maximum absolute atomic E-state index is 12.4. The lowest BCUT2D eigenvalue weighted by atomic mass is 10.2. The molecule has 0 saturated carbocycles. The van der Waals surface area contributed by atoms with Crippen LogP contribution in [0.4, 0.5) is 11.5 Å². The van der Waals surface area contributed by atoms with Crippen molar-refractivity contribution in [3.05, 3.63) is 64.3 Å². The van der Waals surface area contributed by atoms with E-state index in [0.29, 0.717) is 16.5 Å².